The van der Waals surface area contributed by atoms with E-state index in [9.17, 15) is 27.2 Å². The summed E-state index contributed by atoms with van der Waals surface area (Å²) < 4.78 is 51.6. The van der Waals surface area contributed by atoms with Gasteiger partial charge in [0.05, 0.1) is 5.56 Å². The maximum Gasteiger partial charge on any atom is 0.416 e. The van der Waals surface area contributed by atoms with E-state index in [1.165, 1.54) is 35.4 Å². The van der Waals surface area contributed by atoms with Crippen molar-refractivity contribution in [3.8, 4) is 0 Å². The molecule has 0 radical (unpaired) electrons. The van der Waals surface area contributed by atoms with Crippen molar-refractivity contribution >= 4 is 23.2 Å². The van der Waals surface area contributed by atoms with Crippen LogP contribution in [0, 0.1) is 33.5 Å². The van der Waals surface area contributed by atoms with Crippen molar-refractivity contribution in [3.05, 3.63) is 201 Å². The summed E-state index contributed by atoms with van der Waals surface area (Å²) in [5.74, 6) is -0.817. The summed E-state index contributed by atoms with van der Waals surface area (Å²) in [5, 5.41) is 0. The molecule has 59 heavy (non-hydrogen) atoms. The van der Waals surface area contributed by atoms with E-state index in [4.69, 9.17) is 11.5 Å². The molecule has 4 N–H and O–H groups in total. The maximum atomic E-state index is 13.3. The predicted molar refractivity (Wildman–Crippen MR) is 229 cm³/mol. The van der Waals surface area contributed by atoms with Gasteiger partial charge in [0.1, 0.15) is 17.9 Å². The van der Waals surface area contributed by atoms with Gasteiger partial charge in [-0.3, -0.25) is 9.59 Å². The van der Waals surface area contributed by atoms with Crippen LogP contribution in [0.4, 0.5) is 28.9 Å². The van der Waals surface area contributed by atoms with Gasteiger partial charge in [0.15, 0.2) is 0 Å². The van der Waals surface area contributed by atoms with Gasteiger partial charge in [-0.2, -0.15) is 13.2 Å². The number of hydrogen-bond donors (Lipinski definition) is 2. The van der Waals surface area contributed by atoms with Crippen LogP contribution in [-0.4, -0.2) is 24.9 Å². The number of anilines is 2. The third-order valence-electron chi connectivity index (χ3n) is 10.2. The summed E-state index contributed by atoms with van der Waals surface area (Å²) in [6, 6.07) is 40.0. The van der Waals surface area contributed by atoms with Crippen LogP contribution >= 0.6 is 0 Å². The first kappa shape index (κ1) is 44.0. The van der Waals surface area contributed by atoms with Crippen molar-refractivity contribution in [2.75, 3.05) is 22.9 Å². The van der Waals surface area contributed by atoms with E-state index in [2.05, 4.69) is 31.2 Å². The minimum atomic E-state index is -4.37. The Morgan fingerprint density at radius 1 is 0.542 bits per heavy atom. The topological polar surface area (TPSA) is 92.7 Å². The molecule has 306 valence electrons. The number of carbonyl (C=O) groups excluding carboxylic acids is 2. The van der Waals surface area contributed by atoms with Gasteiger partial charge in [0.2, 0.25) is 11.8 Å². The molecule has 0 aromatic heterocycles. The van der Waals surface area contributed by atoms with Crippen LogP contribution in [0.25, 0.3) is 0 Å². The molecule has 0 aliphatic carbocycles. The molecule has 10 heteroatoms. The number of rotatable bonds is 12. The summed E-state index contributed by atoms with van der Waals surface area (Å²) in [5.41, 5.74) is 21.0. The van der Waals surface area contributed by atoms with Gasteiger partial charge < -0.3 is 21.3 Å². The number of carbonyl (C=O) groups is 2. The summed E-state index contributed by atoms with van der Waals surface area (Å²) >= 11 is 0. The Balaban J connectivity index is 0.000000224. The minimum Gasteiger partial charge on any atom is -0.316 e. The molecular weight excluding hydrogens is 753 g/mol. The van der Waals surface area contributed by atoms with Crippen molar-refractivity contribution in [2.24, 2.45) is 11.5 Å². The highest BCUT2D eigenvalue weighted by molar-refractivity contribution is 5.98. The molecule has 0 unspecified atom stereocenters. The molecule has 2 amide bonds. The van der Waals surface area contributed by atoms with Crippen molar-refractivity contribution in [1.29, 1.82) is 0 Å². The number of hydrogen-bond acceptors (Lipinski definition) is 4. The van der Waals surface area contributed by atoms with Crippen molar-refractivity contribution in [2.45, 2.75) is 58.8 Å². The second kappa shape index (κ2) is 20.0. The fourth-order valence-corrected chi connectivity index (χ4v) is 6.40. The molecule has 0 aliphatic rings. The fraction of sp³-hybridized carbons (Fsp3) is 0.224. The summed E-state index contributed by atoms with van der Waals surface area (Å²) in [4.78, 5) is 29.8. The first-order valence-electron chi connectivity index (χ1n) is 19.4. The lowest BCUT2D eigenvalue weighted by atomic mass is 10.0. The predicted octanol–water partition coefficient (Wildman–Crippen LogP) is 10.3. The zero-order valence-electron chi connectivity index (χ0n) is 33.7. The van der Waals surface area contributed by atoms with E-state index < -0.39 is 23.8 Å². The van der Waals surface area contributed by atoms with E-state index >= 15 is 0 Å². The van der Waals surface area contributed by atoms with Gasteiger partial charge >= 0.3 is 6.18 Å². The average Bonchev–Trinajstić information content (AvgIpc) is 3.23. The number of nitrogens with zero attached hydrogens (tertiary/aromatic N) is 2. The molecule has 0 fully saturated rings. The lowest BCUT2D eigenvalue weighted by Gasteiger charge is -2.27. The van der Waals surface area contributed by atoms with Gasteiger partial charge in [-0.1, -0.05) is 108 Å². The average molecular weight is 803 g/mol. The molecule has 0 saturated carbocycles. The molecule has 6 nitrogen and oxygen atoms in total. The van der Waals surface area contributed by atoms with Gasteiger partial charge in [0.25, 0.3) is 0 Å². The second-order valence-electron chi connectivity index (χ2n) is 14.7. The minimum absolute atomic E-state index is 0.202. The first-order valence-corrected chi connectivity index (χ1v) is 19.4. The van der Waals surface area contributed by atoms with E-state index in [1.807, 2.05) is 81.4 Å². The summed E-state index contributed by atoms with van der Waals surface area (Å²) in [6.45, 7) is 8.89. The molecule has 2 atom stereocenters. The number of nitrogens with two attached hydrogens (primary N) is 2. The van der Waals surface area contributed by atoms with Crippen molar-refractivity contribution in [1.82, 2.24) is 0 Å². The number of benzene rings is 6. The Morgan fingerprint density at radius 3 is 1.47 bits per heavy atom. The molecule has 0 saturated heterocycles. The summed E-state index contributed by atoms with van der Waals surface area (Å²) in [7, 11) is 0. The van der Waals surface area contributed by atoms with Crippen LogP contribution < -0.4 is 21.3 Å². The van der Waals surface area contributed by atoms with Gasteiger partial charge in [-0.25, -0.2) is 4.39 Å². The number of alkyl halides is 3. The highest BCUT2D eigenvalue weighted by atomic mass is 19.4. The second-order valence-corrected chi connectivity index (χ2v) is 14.7. The zero-order chi connectivity index (χ0) is 42.7. The van der Waals surface area contributed by atoms with Gasteiger partial charge in [-0.05, 0) is 122 Å². The van der Waals surface area contributed by atoms with Crippen LogP contribution in [0.2, 0.25) is 0 Å². The quantitative estimate of drug-likeness (QED) is 0.121. The SMILES string of the molecule is Cc1ccc(CCN(C(=O)[C@@H](N)c2ccc(F)cc2)c2ccc(C)c(C)c2)cc1.Cc1ccc(N(CCc2ccc(C(F)(F)F)cc2)C(=O)[C@@H](N)c2ccccc2)cc1. The standard InChI is InChI=1S/C25H27FN2O.C24H23F3N2O/c1-17-4-7-20(8-5-17)14-15-28(23-13-6-18(2)19(3)16-23)25(29)24(27)21-9-11-22(26)12-10-21;1-17-7-13-21(14-8-17)29(23(30)22(28)19-5-3-2-4-6-19)16-15-18-9-11-20(12-10-18)24(25,26)27/h4-13,16,24H,14-15,27H2,1-3H3;2-14,22H,15-16,28H2,1H3/t24-;22-/m00/s1. The smallest absolute Gasteiger partial charge is 0.316 e. The Bertz CT molecular complexity index is 2280. The van der Waals surface area contributed by atoms with E-state index in [-0.39, 0.29) is 17.6 Å². The maximum absolute atomic E-state index is 13.3. The Hall–Kier alpha value is -6.10. The number of aryl methyl sites for hydroxylation is 4. The number of amides is 2. The van der Waals surface area contributed by atoms with Crippen molar-refractivity contribution in [3.63, 3.8) is 0 Å². The van der Waals surface area contributed by atoms with Gasteiger partial charge in [-0.15, -0.1) is 0 Å². The first-order chi connectivity index (χ1) is 28.1. The van der Waals surface area contributed by atoms with Crippen molar-refractivity contribution < 1.29 is 27.2 Å². The van der Waals surface area contributed by atoms with E-state index in [0.29, 0.717) is 41.9 Å². The monoisotopic (exact) mass is 802 g/mol. The van der Waals surface area contributed by atoms with E-state index in [0.717, 1.165) is 40.9 Å². The van der Waals surface area contributed by atoms with Crippen LogP contribution in [0.1, 0.15) is 62.2 Å². The molecule has 0 heterocycles. The Morgan fingerprint density at radius 2 is 0.983 bits per heavy atom. The summed E-state index contributed by atoms with van der Waals surface area (Å²) in [6.07, 6.45) is -3.25. The highest BCUT2D eigenvalue weighted by Crippen LogP contribution is 2.30. The lowest BCUT2D eigenvalue weighted by Crippen LogP contribution is -2.40. The van der Waals surface area contributed by atoms with Crippen LogP contribution in [0.15, 0.2) is 146 Å². The third kappa shape index (κ3) is 12.2. The lowest BCUT2D eigenvalue weighted by molar-refractivity contribution is -0.137. The molecular formula is C49H50F4N4O2. The van der Waals surface area contributed by atoms with Crippen LogP contribution in [0.5, 0.6) is 0 Å². The zero-order valence-corrected chi connectivity index (χ0v) is 33.7. The molecule has 0 bridgehead atoms. The largest absolute Gasteiger partial charge is 0.416 e. The molecule has 6 aromatic rings. The molecule has 6 aromatic carbocycles. The van der Waals surface area contributed by atoms with Crippen LogP contribution in [0.3, 0.4) is 0 Å². The highest BCUT2D eigenvalue weighted by Gasteiger charge is 2.30. The van der Waals surface area contributed by atoms with E-state index in [1.54, 1.807) is 34.1 Å². The molecule has 6 rings (SSSR count). The fourth-order valence-electron chi connectivity index (χ4n) is 6.40. The third-order valence-corrected chi connectivity index (χ3v) is 10.2. The van der Waals surface area contributed by atoms with Gasteiger partial charge in [0, 0.05) is 24.5 Å². The van der Waals surface area contributed by atoms with Crippen LogP contribution in [-0.2, 0) is 28.6 Å². The molecule has 0 spiro atoms. The normalized spacial score (nSPS) is 12.2. The Labute approximate surface area is 344 Å². The molecule has 0 aliphatic heterocycles. The number of halogens is 4. The Kier molecular flexibility index (Phi) is 15.0.